The van der Waals surface area contributed by atoms with Gasteiger partial charge in [-0.1, -0.05) is 11.6 Å². The number of thiophene rings is 1. The Morgan fingerprint density at radius 1 is 1.60 bits per heavy atom. The van der Waals surface area contributed by atoms with Crippen molar-refractivity contribution in [3.8, 4) is 0 Å². The van der Waals surface area contributed by atoms with Gasteiger partial charge in [-0.2, -0.15) is 0 Å². The van der Waals surface area contributed by atoms with Crippen LogP contribution in [0.25, 0.3) is 0 Å². The van der Waals surface area contributed by atoms with Gasteiger partial charge in [0.05, 0.1) is 16.4 Å². The molecule has 0 radical (unpaired) electrons. The first kappa shape index (κ1) is 6.52. The lowest BCUT2D eigenvalue weighted by molar-refractivity contribution is 1.40. The third kappa shape index (κ3) is 1.02. The van der Waals surface area contributed by atoms with Crippen LogP contribution in [0.3, 0.4) is 0 Å². The standard InChI is InChI=1S/C5H3ClN2S2/c6-4-1-3-5(9-4)10-8-2-7-3/h1-2H,(H,7,8). The van der Waals surface area contributed by atoms with Crippen LogP contribution in [0.1, 0.15) is 0 Å². The molecule has 0 bridgehead atoms. The highest BCUT2D eigenvalue weighted by Gasteiger charge is 2.09. The zero-order valence-electron chi connectivity index (χ0n) is 4.80. The van der Waals surface area contributed by atoms with Crippen molar-refractivity contribution in [2.24, 2.45) is 4.99 Å². The van der Waals surface area contributed by atoms with E-state index in [0.29, 0.717) is 0 Å². The van der Waals surface area contributed by atoms with Crippen LogP contribution in [0, 0.1) is 0 Å². The van der Waals surface area contributed by atoms with Crippen molar-refractivity contribution < 1.29 is 0 Å². The molecule has 5 heteroatoms. The van der Waals surface area contributed by atoms with Crippen molar-refractivity contribution in [3.05, 3.63) is 10.4 Å². The molecule has 2 rings (SSSR count). The van der Waals surface area contributed by atoms with Gasteiger partial charge in [0.2, 0.25) is 0 Å². The summed E-state index contributed by atoms with van der Waals surface area (Å²) in [7, 11) is 0. The predicted octanol–water partition coefficient (Wildman–Crippen LogP) is 2.67. The van der Waals surface area contributed by atoms with Crippen LogP contribution in [0.5, 0.6) is 0 Å². The lowest BCUT2D eigenvalue weighted by Crippen LogP contribution is -2.00. The summed E-state index contributed by atoms with van der Waals surface area (Å²) in [5, 5.41) is 0. The van der Waals surface area contributed by atoms with Gasteiger partial charge in [0, 0.05) is 0 Å². The Morgan fingerprint density at radius 2 is 2.50 bits per heavy atom. The molecule has 0 aliphatic carbocycles. The number of aliphatic imine (C=N–C) groups is 1. The van der Waals surface area contributed by atoms with Gasteiger partial charge in [0.15, 0.2) is 0 Å². The van der Waals surface area contributed by atoms with Gasteiger partial charge < -0.3 is 4.72 Å². The zero-order chi connectivity index (χ0) is 6.97. The van der Waals surface area contributed by atoms with Crippen molar-refractivity contribution in [2.45, 2.75) is 4.21 Å². The first-order valence-corrected chi connectivity index (χ1v) is 4.61. The molecule has 0 unspecified atom stereocenters. The van der Waals surface area contributed by atoms with Crippen molar-refractivity contribution in [1.82, 2.24) is 4.72 Å². The van der Waals surface area contributed by atoms with Crippen molar-refractivity contribution >= 4 is 46.9 Å². The number of halogens is 1. The first-order chi connectivity index (χ1) is 4.86. The fraction of sp³-hybridized carbons (Fsp3) is 0. The highest BCUT2D eigenvalue weighted by molar-refractivity contribution is 8.00. The minimum Gasteiger partial charge on any atom is -0.316 e. The first-order valence-electron chi connectivity index (χ1n) is 2.60. The number of fused-ring (bicyclic) bond motifs is 1. The summed E-state index contributed by atoms with van der Waals surface area (Å²) >= 11 is 8.84. The lowest BCUT2D eigenvalue weighted by atomic mass is 10.5. The fourth-order valence-electron chi connectivity index (χ4n) is 0.676. The summed E-state index contributed by atoms with van der Waals surface area (Å²) in [5.74, 6) is 0. The molecule has 0 saturated carbocycles. The molecular weight excluding hydrogens is 188 g/mol. The molecule has 0 saturated heterocycles. The van der Waals surface area contributed by atoms with Crippen molar-refractivity contribution in [1.29, 1.82) is 0 Å². The highest BCUT2D eigenvalue weighted by Crippen LogP contribution is 2.40. The van der Waals surface area contributed by atoms with E-state index in [0.717, 1.165) is 14.2 Å². The van der Waals surface area contributed by atoms with Crippen molar-refractivity contribution in [2.75, 3.05) is 0 Å². The Kier molecular flexibility index (Phi) is 1.60. The van der Waals surface area contributed by atoms with Crippen LogP contribution in [0.15, 0.2) is 15.3 Å². The van der Waals surface area contributed by atoms with E-state index < -0.39 is 0 Å². The molecule has 52 valence electrons. The largest absolute Gasteiger partial charge is 0.316 e. The van der Waals surface area contributed by atoms with Crippen LogP contribution in [0.2, 0.25) is 4.34 Å². The molecule has 0 aromatic carbocycles. The number of nitrogens with one attached hydrogen (secondary N) is 1. The smallest absolute Gasteiger partial charge is 0.108 e. The molecule has 1 N–H and O–H groups in total. The summed E-state index contributed by atoms with van der Waals surface area (Å²) in [5.41, 5.74) is 0.971. The number of rotatable bonds is 0. The average molecular weight is 191 g/mol. The molecular formula is C5H3ClN2S2. The molecule has 1 aromatic heterocycles. The van der Waals surface area contributed by atoms with E-state index in [9.17, 15) is 0 Å². The van der Waals surface area contributed by atoms with E-state index in [1.54, 1.807) is 29.6 Å². The Labute approximate surface area is 71.4 Å². The SMILES string of the molecule is Clc1cc2c(s1)SNC=N2. The van der Waals surface area contributed by atoms with Crippen LogP contribution >= 0.6 is 34.9 Å². The second-order valence-corrected chi connectivity index (χ2v) is 4.49. The zero-order valence-corrected chi connectivity index (χ0v) is 7.19. The third-order valence-electron chi connectivity index (χ3n) is 1.06. The Hall–Kier alpha value is -0.190. The van der Waals surface area contributed by atoms with Gasteiger partial charge in [0.1, 0.15) is 4.21 Å². The Morgan fingerprint density at radius 3 is 3.30 bits per heavy atom. The van der Waals surface area contributed by atoms with E-state index in [-0.39, 0.29) is 0 Å². The third-order valence-corrected chi connectivity index (χ3v) is 3.22. The monoisotopic (exact) mass is 190 g/mol. The molecule has 2 nitrogen and oxygen atoms in total. The molecule has 0 fully saturated rings. The maximum absolute atomic E-state index is 5.75. The lowest BCUT2D eigenvalue weighted by Gasteiger charge is -2.02. The topological polar surface area (TPSA) is 24.4 Å². The molecule has 0 atom stereocenters. The predicted molar refractivity (Wildman–Crippen MR) is 46.5 cm³/mol. The van der Waals surface area contributed by atoms with E-state index in [1.807, 2.05) is 6.07 Å². The second kappa shape index (κ2) is 2.45. The second-order valence-electron chi connectivity index (χ2n) is 1.70. The molecule has 1 aliphatic rings. The number of nitrogens with zero attached hydrogens (tertiary/aromatic N) is 1. The van der Waals surface area contributed by atoms with E-state index in [4.69, 9.17) is 11.6 Å². The number of hydrogen-bond acceptors (Lipinski definition) is 4. The summed E-state index contributed by atoms with van der Waals surface area (Å²) < 4.78 is 4.85. The molecule has 1 aliphatic heterocycles. The normalized spacial score (nSPS) is 14.5. The molecule has 10 heavy (non-hydrogen) atoms. The van der Waals surface area contributed by atoms with Crippen LogP contribution < -0.4 is 4.72 Å². The summed E-state index contributed by atoms with van der Waals surface area (Å²) in [6.45, 7) is 0. The van der Waals surface area contributed by atoms with E-state index >= 15 is 0 Å². The minimum atomic E-state index is 0.790. The maximum atomic E-state index is 5.75. The Balaban J connectivity index is 2.53. The van der Waals surface area contributed by atoms with E-state index in [1.165, 1.54) is 0 Å². The highest BCUT2D eigenvalue weighted by atomic mass is 35.5. The van der Waals surface area contributed by atoms with Crippen LogP contribution in [-0.4, -0.2) is 6.34 Å². The van der Waals surface area contributed by atoms with Gasteiger partial charge in [-0.05, 0) is 18.0 Å². The summed E-state index contributed by atoms with van der Waals surface area (Å²) in [6.07, 6.45) is 1.66. The average Bonchev–Trinajstić information content (AvgIpc) is 2.27. The van der Waals surface area contributed by atoms with Gasteiger partial charge in [-0.15, -0.1) is 11.3 Å². The Bertz CT molecular complexity index is 281. The molecule has 1 aromatic rings. The molecule has 2 heterocycles. The van der Waals surface area contributed by atoms with Crippen LogP contribution in [-0.2, 0) is 0 Å². The fourth-order valence-corrected chi connectivity index (χ4v) is 2.72. The maximum Gasteiger partial charge on any atom is 0.108 e. The number of hydrogen-bond donors (Lipinski definition) is 1. The van der Waals surface area contributed by atoms with Gasteiger partial charge >= 0.3 is 0 Å². The van der Waals surface area contributed by atoms with Crippen LogP contribution in [0.4, 0.5) is 5.69 Å². The van der Waals surface area contributed by atoms with Crippen molar-refractivity contribution in [3.63, 3.8) is 0 Å². The quantitative estimate of drug-likeness (QED) is 0.637. The summed E-state index contributed by atoms with van der Waals surface area (Å²) in [6, 6.07) is 1.87. The molecule has 0 amide bonds. The van der Waals surface area contributed by atoms with Gasteiger partial charge in [0.25, 0.3) is 0 Å². The summed E-state index contributed by atoms with van der Waals surface area (Å²) in [4.78, 5) is 4.08. The van der Waals surface area contributed by atoms with Gasteiger partial charge in [-0.3, -0.25) is 0 Å². The van der Waals surface area contributed by atoms with E-state index in [2.05, 4.69) is 9.71 Å². The minimum absolute atomic E-state index is 0.790. The van der Waals surface area contributed by atoms with Gasteiger partial charge in [-0.25, -0.2) is 4.99 Å². The molecule has 0 spiro atoms.